The highest BCUT2D eigenvalue weighted by Gasteiger charge is 2.15. The van der Waals surface area contributed by atoms with Crippen LogP contribution in [0.4, 0.5) is 0 Å². The third kappa shape index (κ3) is 2.92. The molecule has 1 aliphatic rings. The summed E-state index contributed by atoms with van der Waals surface area (Å²) in [5, 5.41) is 5.79. The zero-order valence-electron chi connectivity index (χ0n) is 8.87. The molecule has 82 valence electrons. The first-order valence-corrected chi connectivity index (χ1v) is 7.10. The standard InChI is InChI=1S/C12H16BrNS/c1-9(12-11(13)7-8-15-12)14-10-5-3-2-4-6-10/h3,5,7-10,14H,2,4,6H2,1H3. The Morgan fingerprint density at radius 2 is 2.47 bits per heavy atom. The normalized spacial score (nSPS) is 22.9. The zero-order valence-corrected chi connectivity index (χ0v) is 11.3. The molecule has 2 unspecified atom stereocenters. The highest BCUT2D eigenvalue weighted by atomic mass is 79.9. The molecule has 0 saturated carbocycles. The maximum absolute atomic E-state index is 3.66. The number of nitrogens with one attached hydrogen (secondary N) is 1. The number of thiophene rings is 1. The SMILES string of the molecule is CC(NC1C=CCCC1)c1sccc1Br. The Kier molecular flexibility index (Phi) is 4.00. The average molecular weight is 286 g/mol. The van der Waals surface area contributed by atoms with E-state index in [0.29, 0.717) is 12.1 Å². The number of hydrogen-bond acceptors (Lipinski definition) is 2. The van der Waals surface area contributed by atoms with Crippen LogP contribution < -0.4 is 5.32 Å². The van der Waals surface area contributed by atoms with E-state index in [1.807, 2.05) is 11.3 Å². The Labute approximate surface area is 104 Å². The van der Waals surface area contributed by atoms with E-state index < -0.39 is 0 Å². The number of halogens is 1. The fourth-order valence-electron chi connectivity index (χ4n) is 1.96. The van der Waals surface area contributed by atoms with Gasteiger partial charge in [-0.3, -0.25) is 0 Å². The predicted molar refractivity (Wildman–Crippen MR) is 70.3 cm³/mol. The van der Waals surface area contributed by atoms with Crippen molar-refractivity contribution in [2.24, 2.45) is 0 Å². The van der Waals surface area contributed by atoms with E-state index in [-0.39, 0.29) is 0 Å². The quantitative estimate of drug-likeness (QED) is 0.818. The Balaban J connectivity index is 1.97. The van der Waals surface area contributed by atoms with Gasteiger partial charge in [0, 0.05) is 21.4 Å². The first-order chi connectivity index (χ1) is 7.27. The summed E-state index contributed by atoms with van der Waals surface area (Å²) in [6.07, 6.45) is 8.42. The maximum Gasteiger partial charge on any atom is 0.0402 e. The molecule has 0 fully saturated rings. The number of allylic oxidation sites excluding steroid dienone is 1. The van der Waals surface area contributed by atoms with E-state index >= 15 is 0 Å². The van der Waals surface area contributed by atoms with Crippen molar-refractivity contribution in [2.75, 3.05) is 0 Å². The van der Waals surface area contributed by atoms with Crippen molar-refractivity contribution < 1.29 is 0 Å². The monoisotopic (exact) mass is 285 g/mol. The van der Waals surface area contributed by atoms with Crippen LogP contribution in [0, 0.1) is 0 Å². The van der Waals surface area contributed by atoms with Gasteiger partial charge in [-0.05, 0) is 53.6 Å². The van der Waals surface area contributed by atoms with Crippen molar-refractivity contribution in [1.29, 1.82) is 0 Å². The van der Waals surface area contributed by atoms with Gasteiger partial charge in [0.2, 0.25) is 0 Å². The first-order valence-electron chi connectivity index (χ1n) is 5.43. The van der Waals surface area contributed by atoms with E-state index in [1.165, 1.54) is 28.6 Å². The van der Waals surface area contributed by atoms with Crippen LogP contribution in [0.3, 0.4) is 0 Å². The van der Waals surface area contributed by atoms with Crippen molar-refractivity contribution in [3.8, 4) is 0 Å². The molecular weight excluding hydrogens is 270 g/mol. The van der Waals surface area contributed by atoms with Gasteiger partial charge in [0.25, 0.3) is 0 Å². The van der Waals surface area contributed by atoms with Gasteiger partial charge in [0.05, 0.1) is 0 Å². The Morgan fingerprint density at radius 1 is 1.60 bits per heavy atom. The fourth-order valence-corrected chi connectivity index (χ4v) is 3.70. The second-order valence-corrected chi connectivity index (χ2v) is 5.79. The topological polar surface area (TPSA) is 12.0 Å². The lowest BCUT2D eigenvalue weighted by molar-refractivity contribution is 0.471. The summed E-state index contributed by atoms with van der Waals surface area (Å²) < 4.78 is 1.23. The molecule has 0 amide bonds. The lowest BCUT2D eigenvalue weighted by atomic mass is 10.0. The molecule has 15 heavy (non-hydrogen) atoms. The maximum atomic E-state index is 3.66. The lowest BCUT2D eigenvalue weighted by Crippen LogP contribution is -2.30. The second-order valence-electron chi connectivity index (χ2n) is 3.99. The summed E-state index contributed by atoms with van der Waals surface area (Å²) in [4.78, 5) is 1.40. The van der Waals surface area contributed by atoms with Crippen molar-refractivity contribution in [3.63, 3.8) is 0 Å². The minimum Gasteiger partial charge on any atom is -0.303 e. The van der Waals surface area contributed by atoms with Crippen molar-refractivity contribution in [1.82, 2.24) is 5.32 Å². The molecule has 0 radical (unpaired) electrons. The summed E-state index contributed by atoms with van der Waals surface area (Å²) in [7, 11) is 0. The predicted octanol–water partition coefficient (Wildman–Crippen LogP) is 4.27. The molecule has 1 heterocycles. The minimum atomic E-state index is 0.437. The van der Waals surface area contributed by atoms with Crippen LogP contribution in [0.1, 0.15) is 37.1 Å². The smallest absolute Gasteiger partial charge is 0.0402 e. The molecular formula is C12H16BrNS. The largest absolute Gasteiger partial charge is 0.303 e. The van der Waals surface area contributed by atoms with Crippen LogP contribution >= 0.6 is 27.3 Å². The molecule has 1 aromatic rings. The van der Waals surface area contributed by atoms with Crippen LogP contribution in [-0.4, -0.2) is 6.04 Å². The molecule has 0 aliphatic heterocycles. The van der Waals surface area contributed by atoms with Gasteiger partial charge < -0.3 is 5.32 Å². The van der Waals surface area contributed by atoms with Crippen molar-refractivity contribution >= 4 is 27.3 Å². The Bertz CT molecular complexity index is 345. The molecule has 0 aromatic carbocycles. The molecule has 2 atom stereocenters. The summed E-state index contributed by atoms with van der Waals surface area (Å²) >= 11 is 5.40. The van der Waals surface area contributed by atoms with E-state index in [4.69, 9.17) is 0 Å². The van der Waals surface area contributed by atoms with Gasteiger partial charge in [-0.25, -0.2) is 0 Å². The molecule has 0 spiro atoms. The summed E-state index contributed by atoms with van der Waals surface area (Å²) in [5.41, 5.74) is 0. The Morgan fingerprint density at radius 3 is 3.07 bits per heavy atom. The summed E-state index contributed by atoms with van der Waals surface area (Å²) in [6, 6.07) is 3.12. The zero-order chi connectivity index (χ0) is 10.7. The molecule has 1 aromatic heterocycles. The van der Waals surface area contributed by atoms with Gasteiger partial charge in [-0.2, -0.15) is 0 Å². The minimum absolute atomic E-state index is 0.437. The highest BCUT2D eigenvalue weighted by molar-refractivity contribution is 9.10. The molecule has 1 N–H and O–H groups in total. The first kappa shape index (κ1) is 11.4. The molecule has 1 aliphatic carbocycles. The number of hydrogen-bond donors (Lipinski definition) is 1. The number of rotatable bonds is 3. The third-order valence-corrected chi connectivity index (χ3v) is 4.81. The van der Waals surface area contributed by atoms with Crippen molar-refractivity contribution in [3.05, 3.63) is 32.9 Å². The van der Waals surface area contributed by atoms with E-state index in [9.17, 15) is 0 Å². The van der Waals surface area contributed by atoms with Gasteiger partial charge in [-0.15, -0.1) is 11.3 Å². The van der Waals surface area contributed by atoms with Crippen LogP contribution in [0.25, 0.3) is 0 Å². The summed E-state index contributed by atoms with van der Waals surface area (Å²) in [5.74, 6) is 0. The van der Waals surface area contributed by atoms with Crippen LogP contribution in [0.2, 0.25) is 0 Å². The lowest BCUT2D eigenvalue weighted by Gasteiger charge is -2.22. The second kappa shape index (κ2) is 5.28. The van der Waals surface area contributed by atoms with Gasteiger partial charge >= 0.3 is 0 Å². The highest BCUT2D eigenvalue weighted by Crippen LogP contribution is 2.29. The van der Waals surface area contributed by atoms with Gasteiger partial charge in [-0.1, -0.05) is 12.2 Å². The Hall–Kier alpha value is -0.120. The molecule has 0 bridgehead atoms. The van der Waals surface area contributed by atoms with E-state index in [1.54, 1.807) is 0 Å². The summed E-state index contributed by atoms with van der Waals surface area (Å²) in [6.45, 7) is 2.24. The molecule has 0 saturated heterocycles. The molecule has 1 nitrogen and oxygen atoms in total. The molecule has 3 heteroatoms. The van der Waals surface area contributed by atoms with E-state index in [0.717, 1.165) is 0 Å². The van der Waals surface area contributed by atoms with Crippen LogP contribution in [0.5, 0.6) is 0 Å². The van der Waals surface area contributed by atoms with Crippen LogP contribution in [0.15, 0.2) is 28.1 Å². The third-order valence-electron chi connectivity index (χ3n) is 2.76. The van der Waals surface area contributed by atoms with Crippen molar-refractivity contribution in [2.45, 2.75) is 38.3 Å². The van der Waals surface area contributed by atoms with Gasteiger partial charge in [0.15, 0.2) is 0 Å². The fraction of sp³-hybridized carbons (Fsp3) is 0.500. The van der Waals surface area contributed by atoms with Crippen LogP contribution in [-0.2, 0) is 0 Å². The molecule has 2 rings (SSSR count). The van der Waals surface area contributed by atoms with E-state index in [2.05, 4.69) is 51.8 Å². The van der Waals surface area contributed by atoms with Gasteiger partial charge in [0.1, 0.15) is 0 Å². The average Bonchev–Trinajstić information content (AvgIpc) is 2.66.